The Balaban J connectivity index is 1.48. The Bertz CT molecular complexity index is 1330. The highest BCUT2D eigenvalue weighted by atomic mass is 35.5. The van der Waals surface area contributed by atoms with Crippen molar-refractivity contribution in [1.82, 2.24) is 4.90 Å². The van der Waals surface area contributed by atoms with Crippen LogP contribution in [0.25, 0.3) is 6.08 Å². The molecule has 3 aromatic carbocycles. The summed E-state index contributed by atoms with van der Waals surface area (Å²) in [7, 11) is 1.51. The largest absolute Gasteiger partial charge is 0.493 e. The van der Waals surface area contributed by atoms with Gasteiger partial charge in [-0.15, -0.1) is 0 Å². The Morgan fingerprint density at radius 1 is 1.00 bits per heavy atom. The van der Waals surface area contributed by atoms with E-state index in [1.807, 2.05) is 6.07 Å². The van der Waals surface area contributed by atoms with E-state index < -0.39 is 17.1 Å². The van der Waals surface area contributed by atoms with Gasteiger partial charge in [0.1, 0.15) is 13.2 Å². The summed E-state index contributed by atoms with van der Waals surface area (Å²) in [5.41, 5.74) is 1.81. The van der Waals surface area contributed by atoms with E-state index in [4.69, 9.17) is 32.7 Å². The first kappa shape index (κ1) is 25.6. The number of hydrogen-bond acceptors (Lipinski definition) is 6. The molecule has 0 aliphatic carbocycles. The molecule has 184 valence electrons. The number of rotatable bonds is 8. The van der Waals surface area contributed by atoms with Crippen LogP contribution in [0, 0.1) is 0 Å². The summed E-state index contributed by atoms with van der Waals surface area (Å²) in [4.78, 5) is 38.7. The molecule has 0 saturated carbocycles. The predicted molar refractivity (Wildman–Crippen MR) is 142 cm³/mol. The first-order valence-corrected chi connectivity index (χ1v) is 12.3. The van der Waals surface area contributed by atoms with E-state index >= 15 is 0 Å². The normalized spacial score (nSPS) is 14.3. The van der Waals surface area contributed by atoms with Crippen LogP contribution < -0.4 is 14.8 Å². The molecule has 10 heteroatoms. The SMILES string of the molecule is COc1ccc(/C=C2\SC(=O)N(CC(=O)Nc3ccccc3)C2=O)cc1OCc1c(Cl)cccc1Cl. The van der Waals surface area contributed by atoms with Crippen molar-refractivity contribution in [3.63, 3.8) is 0 Å². The molecule has 1 aliphatic rings. The van der Waals surface area contributed by atoms with Gasteiger partial charge in [-0.25, -0.2) is 0 Å². The van der Waals surface area contributed by atoms with Crippen molar-refractivity contribution < 1.29 is 23.9 Å². The lowest BCUT2D eigenvalue weighted by Crippen LogP contribution is -2.36. The molecule has 0 atom stereocenters. The van der Waals surface area contributed by atoms with Crippen LogP contribution in [0.5, 0.6) is 11.5 Å². The van der Waals surface area contributed by atoms with Crippen LogP contribution in [-0.4, -0.2) is 35.6 Å². The Morgan fingerprint density at radius 3 is 2.42 bits per heavy atom. The maximum absolute atomic E-state index is 12.9. The van der Waals surface area contributed by atoms with E-state index in [0.717, 1.165) is 16.7 Å². The van der Waals surface area contributed by atoms with Gasteiger partial charge in [-0.1, -0.05) is 53.5 Å². The average molecular weight is 543 g/mol. The van der Waals surface area contributed by atoms with Gasteiger partial charge in [0, 0.05) is 21.3 Å². The van der Waals surface area contributed by atoms with Gasteiger partial charge < -0.3 is 14.8 Å². The zero-order valence-corrected chi connectivity index (χ0v) is 21.3. The average Bonchev–Trinajstić information content (AvgIpc) is 3.11. The third kappa shape index (κ3) is 6.02. The number of methoxy groups -OCH3 is 1. The number of amides is 3. The number of halogens is 2. The van der Waals surface area contributed by atoms with Crippen molar-refractivity contribution in [1.29, 1.82) is 0 Å². The fourth-order valence-electron chi connectivity index (χ4n) is 3.37. The molecule has 0 unspecified atom stereocenters. The number of thioether (sulfide) groups is 1. The second-order valence-electron chi connectivity index (χ2n) is 7.58. The van der Waals surface area contributed by atoms with Gasteiger partial charge >= 0.3 is 0 Å². The van der Waals surface area contributed by atoms with Crippen LogP contribution in [-0.2, 0) is 16.2 Å². The summed E-state index contributed by atoms with van der Waals surface area (Å²) in [6.45, 7) is -0.280. The Hall–Kier alpha value is -3.46. The van der Waals surface area contributed by atoms with E-state index in [1.54, 1.807) is 66.7 Å². The summed E-state index contributed by atoms with van der Waals surface area (Å²) in [6, 6.07) is 19.1. The summed E-state index contributed by atoms with van der Waals surface area (Å²) < 4.78 is 11.3. The molecule has 0 radical (unpaired) electrons. The van der Waals surface area contributed by atoms with Crippen LogP contribution in [0.4, 0.5) is 10.5 Å². The lowest BCUT2D eigenvalue weighted by Gasteiger charge is -2.13. The number of carbonyl (C=O) groups excluding carboxylic acids is 3. The number of nitrogens with one attached hydrogen (secondary N) is 1. The van der Waals surface area contributed by atoms with Gasteiger partial charge in [0.2, 0.25) is 5.91 Å². The molecule has 36 heavy (non-hydrogen) atoms. The molecule has 1 heterocycles. The number of para-hydroxylation sites is 1. The van der Waals surface area contributed by atoms with Crippen LogP contribution in [0.15, 0.2) is 71.6 Å². The van der Waals surface area contributed by atoms with E-state index in [1.165, 1.54) is 7.11 Å². The van der Waals surface area contributed by atoms with Crippen LogP contribution in [0.3, 0.4) is 0 Å². The molecule has 3 aromatic rings. The molecule has 1 saturated heterocycles. The molecule has 1 fully saturated rings. The summed E-state index contributed by atoms with van der Waals surface area (Å²) in [5, 5.41) is 3.10. The van der Waals surface area contributed by atoms with Crippen molar-refractivity contribution in [2.75, 3.05) is 19.0 Å². The number of hydrogen-bond donors (Lipinski definition) is 1. The molecule has 1 N–H and O–H groups in total. The van der Waals surface area contributed by atoms with Gasteiger partial charge in [0.05, 0.1) is 12.0 Å². The van der Waals surface area contributed by atoms with Crippen molar-refractivity contribution >= 4 is 63.8 Å². The molecule has 3 amide bonds. The van der Waals surface area contributed by atoms with Crippen molar-refractivity contribution in [2.24, 2.45) is 0 Å². The highest BCUT2D eigenvalue weighted by Gasteiger charge is 2.36. The molecule has 0 aromatic heterocycles. The van der Waals surface area contributed by atoms with Crippen LogP contribution in [0.1, 0.15) is 11.1 Å². The van der Waals surface area contributed by atoms with E-state index in [9.17, 15) is 14.4 Å². The Morgan fingerprint density at radius 2 is 1.72 bits per heavy atom. The fourth-order valence-corrected chi connectivity index (χ4v) is 4.71. The molecular formula is C26H20Cl2N2O5S. The molecule has 4 rings (SSSR count). The fraction of sp³-hybridized carbons (Fsp3) is 0.115. The monoisotopic (exact) mass is 542 g/mol. The van der Waals surface area contributed by atoms with Crippen molar-refractivity contribution in [2.45, 2.75) is 6.61 Å². The summed E-state index contributed by atoms with van der Waals surface area (Å²) >= 11 is 13.2. The highest BCUT2D eigenvalue weighted by Crippen LogP contribution is 2.35. The van der Waals surface area contributed by atoms with E-state index in [2.05, 4.69) is 5.32 Å². The zero-order chi connectivity index (χ0) is 25.7. The third-order valence-corrected chi connectivity index (χ3v) is 6.77. The minimum Gasteiger partial charge on any atom is -0.493 e. The number of ether oxygens (including phenoxy) is 2. The first-order chi connectivity index (χ1) is 17.4. The first-order valence-electron chi connectivity index (χ1n) is 10.7. The molecule has 0 spiro atoms. The minimum atomic E-state index is -0.547. The number of nitrogens with zero attached hydrogens (tertiary/aromatic N) is 1. The Kier molecular flexibility index (Phi) is 8.20. The zero-order valence-electron chi connectivity index (χ0n) is 19.0. The van der Waals surface area contributed by atoms with Crippen molar-refractivity contribution in [3.8, 4) is 11.5 Å². The van der Waals surface area contributed by atoms with Crippen LogP contribution in [0.2, 0.25) is 10.0 Å². The Labute approximate surface area is 222 Å². The lowest BCUT2D eigenvalue weighted by molar-refractivity contribution is -0.127. The predicted octanol–water partition coefficient (Wildman–Crippen LogP) is 6.26. The van der Waals surface area contributed by atoms with Crippen LogP contribution >= 0.6 is 35.0 Å². The van der Waals surface area contributed by atoms with Crippen molar-refractivity contribution in [3.05, 3.63) is 92.8 Å². The number of benzene rings is 3. The van der Waals surface area contributed by atoms with E-state index in [0.29, 0.717) is 38.4 Å². The maximum Gasteiger partial charge on any atom is 0.294 e. The van der Waals surface area contributed by atoms with Gasteiger partial charge in [-0.3, -0.25) is 19.3 Å². The van der Waals surface area contributed by atoms with E-state index in [-0.39, 0.29) is 18.1 Å². The number of imide groups is 1. The molecule has 7 nitrogen and oxygen atoms in total. The van der Waals surface area contributed by atoms with Gasteiger partial charge in [0.15, 0.2) is 11.5 Å². The quantitative estimate of drug-likeness (QED) is 0.338. The topological polar surface area (TPSA) is 84.9 Å². The van der Waals surface area contributed by atoms with Gasteiger partial charge in [0.25, 0.3) is 11.1 Å². The second kappa shape index (κ2) is 11.5. The molecule has 1 aliphatic heterocycles. The molecular weight excluding hydrogens is 523 g/mol. The third-order valence-electron chi connectivity index (χ3n) is 5.15. The standard InChI is InChI=1S/C26H20Cl2N2O5S/c1-34-21-11-10-16(12-22(21)35-15-18-19(27)8-5-9-20(18)28)13-23-25(32)30(26(33)36-23)14-24(31)29-17-6-3-2-4-7-17/h2-13H,14-15H2,1H3,(H,29,31)/b23-13-. The number of anilines is 1. The van der Waals surface area contributed by atoms with Gasteiger partial charge in [-0.2, -0.15) is 0 Å². The highest BCUT2D eigenvalue weighted by molar-refractivity contribution is 8.18. The van der Waals surface area contributed by atoms with Gasteiger partial charge in [-0.05, 0) is 59.8 Å². The lowest BCUT2D eigenvalue weighted by atomic mass is 10.1. The summed E-state index contributed by atoms with van der Waals surface area (Å²) in [6.07, 6.45) is 1.56. The minimum absolute atomic E-state index is 0.103. The smallest absolute Gasteiger partial charge is 0.294 e. The second-order valence-corrected chi connectivity index (χ2v) is 9.39. The maximum atomic E-state index is 12.9. The molecule has 0 bridgehead atoms. The summed E-state index contributed by atoms with van der Waals surface area (Å²) in [5.74, 6) is -0.137. The number of carbonyl (C=O) groups is 3.